The normalized spacial score (nSPS) is 17.5. The molecule has 2 unspecified atom stereocenters. The van der Waals surface area contributed by atoms with Gasteiger partial charge in [-0.15, -0.1) is 0 Å². The molecule has 1 heterocycles. The first-order valence-electron chi connectivity index (χ1n) is 12.9. The van der Waals surface area contributed by atoms with E-state index in [9.17, 15) is 5.11 Å². The van der Waals surface area contributed by atoms with Gasteiger partial charge in [-0.05, 0) is 54.4 Å². The van der Waals surface area contributed by atoms with Crippen molar-refractivity contribution in [2.75, 3.05) is 0 Å². The number of H-pyrrole nitrogens is 1. The molecule has 38 heavy (non-hydrogen) atoms. The van der Waals surface area contributed by atoms with Crippen molar-refractivity contribution in [3.8, 4) is 0 Å². The van der Waals surface area contributed by atoms with E-state index in [1.807, 2.05) is 24.3 Å². The summed E-state index contributed by atoms with van der Waals surface area (Å²) in [5.41, 5.74) is 5.66. The van der Waals surface area contributed by atoms with Crippen molar-refractivity contribution < 1.29 is 5.11 Å². The SMILES string of the molecule is C.C.C=C(/C=C(\C(=C)Sc1ccc2n[nH]nc2c1)C(C)(C)CC)CCC.CC1=CC(C(C)(C)C)C(O)C=C1. The second kappa shape index (κ2) is 15.3. The first-order valence-corrected chi connectivity index (χ1v) is 13.7. The summed E-state index contributed by atoms with van der Waals surface area (Å²) in [5, 5.41) is 20.6. The quantitative estimate of drug-likeness (QED) is 0.259. The maximum atomic E-state index is 9.69. The molecule has 0 amide bonds. The van der Waals surface area contributed by atoms with Gasteiger partial charge in [0.25, 0.3) is 0 Å². The molecular formula is C33H53N3OS. The molecule has 5 heteroatoms. The fourth-order valence-electron chi connectivity index (χ4n) is 4.09. The van der Waals surface area contributed by atoms with Gasteiger partial charge in [0.05, 0.1) is 6.10 Å². The number of hydrogen-bond donors (Lipinski definition) is 2. The monoisotopic (exact) mass is 539 g/mol. The van der Waals surface area contributed by atoms with Crippen LogP contribution in [-0.4, -0.2) is 26.6 Å². The molecule has 0 aliphatic heterocycles. The Hall–Kier alpha value is -2.37. The smallest absolute Gasteiger partial charge is 0.114 e. The Kier molecular flexibility index (Phi) is 14.3. The number of allylic oxidation sites excluding steroid dienone is 5. The lowest BCUT2D eigenvalue weighted by molar-refractivity contribution is 0.106. The molecule has 1 aliphatic rings. The minimum atomic E-state index is -0.311. The summed E-state index contributed by atoms with van der Waals surface area (Å²) in [6.07, 6.45) is 11.1. The third kappa shape index (κ3) is 10.1. The Morgan fingerprint density at radius 2 is 1.71 bits per heavy atom. The van der Waals surface area contributed by atoms with Crippen LogP contribution in [0, 0.1) is 16.7 Å². The molecule has 212 valence electrons. The number of nitrogens with zero attached hydrogens (tertiary/aromatic N) is 2. The predicted molar refractivity (Wildman–Crippen MR) is 170 cm³/mol. The lowest BCUT2D eigenvalue weighted by Gasteiger charge is -2.33. The van der Waals surface area contributed by atoms with E-state index in [4.69, 9.17) is 0 Å². The van der Waals surface area contributed by atoms with Gasteiger partial charge in [0.15, 0.2) is 0 Å². The molecule has 0 spiro atoms. The number of rotatable bonds is 8. The van der Waals surface area contributed by atoms with E-state index in [2.05, 4.69) is 102 Å². The molecule has 2 N–H and O–H groups in total. The molecule has 2 atom stereocenters. The van der Waals surface area contributed by atoms with Crippen molar-refractivity contribution in [2.24, 2.45) is 16.7 Å². The number of aromatic amines is 1. The zero-order valence-electron chi connectivity index (χ0n) is 23.5. The highest BCUT2D eigenvalue weighted by Crippen LogP contribution is 2.42. The fraction of sp³-hybridized carbons (Fsp3) is 0.515. The van der Waals surface area contributed by atoms with Gasteiger partial charge < -0.3 is 5.11 Å². The van der Waals surface area contributed by atoms with Gasteiger partial charge >= 0.3 is 0 Å². The molecule has 3 rings (SSSR count). The Labute approximate surface area is 237 Å². The van der Waals surface area contributed by atoms with Crippen LogP contribution in [0.25, 0.3) is 11.0 Å². The van der Waals surface area contributed by atoms with E-state index in [1.165, 1.54) is 16.7 Å². The third-order valence-corrected chi connectivity index (χ3v) is 7.68. The average molecular weight is 540 g/mol. The van der Waals surface area contributed by atoms with Crippen molar-refractivity contribution in [1.29, 1.82) is 0 Å². The Balaban J connectivity index is 0.000000831. The lowest BCUT2D eigenvalue weighted by atomic mass is 9.75. The summed E-state index contributed by atoms with van der Waals surface area (Å²) >= 11 is 1.69. The summed E-state index contributed by atoms with van der Waals surface area (Å²) in [5.74, 6) is 0.252. The number of aliphatic hydroxyl groups excluding tert-OH is 1. The molecule has 1 aromatic carbocycles. The molecule has 0 fully saturated rings. The highest BCUT2D eigenvalue weighted by molar-refractivity contribution is 8.03. The highest BCUT2D eigenvalue weighted by atomic mass is 32.2. The van der Waals surface area contributed by atoms with Crippen LogP contribution in [0.4, 0.5) is 0 Å². The van der Waals surface area contributed by atoms with Crippen LogP contribution in [0.2, 0.25) is 0 Å². The van der Waals surface area contributed by atoms with Crippen LogP contribution in [-0.2, 0) is 0 Å². The molecule has 2 aromatic rings. The predicted octanol–water partition coefficient (Wildman–Crippen LogP) is 10.1. The molecule has 0 radical (unpaired) electrons. The lowest BCUT2D eigenvalue weighted by Crippen LogP contribution is -2.30. The van der Waals surface area contributed by atoms with Gasteiger partial charge in [-0.2, -0.15) is 15.4 Å². The van der Waals surface area contributed by atoms with Crippen LogP contribution in [0.15, 0.2) is 82.2 Å². The Bertz CT molecular complexity index is 1140. The number of aromatic nitrogens is 3. The third-order valence-electron chi connectivity index (χ3n) is 6.73. The van der Waals surface area contributed by atoms with E-state index >= 15 is 0 Å². The maximum Gasteiger partial charge on any atom is 0.114 e. The first-order chi connectivity index (χ1) is 16.8. The summed E-state index contributed by atoms with van der Waals surface area (Å²) in [4.78, 5) is 2.20. The summed E-state index contributed by atoms with van der Waals surface area (Å²) in [6, 6.07) is 6.10. The van der Waals surface area contributed by atoms with Crippen LogP contribution < -0.4 is 0 Å². The van der Waals surface area contributed by atoms with Crippen molar-refractivity contribution in [3.63, 3.8) is 0 Å². The van der Waals surface area contributed by atoms with Gasteiger partial charge in [-0.3, -0.25) is 0 Å². The fourth-order valence-corrected chi connectivity index (χ4v) is 5.13. The van der Waals surface area contributed by atoms with Crippen molar-refractivity contribution in [2.45, 2.75) is 101 Å². The number of aliphatic hydroxyl groups is 1. The van der Waals surface area contributed by atoms with Crippen LogP contribution in [0.3, 0.4) is 0 Å². The number of fused-ring (bicyclic) bond motifs is 1. The molecule has 0 saturated carbocycles. The standard InChI is InChI=1S/C20H27N3S.C11H18O.2CH4/c1-7-9-14(3)12-17(20(5,6)8-2)15(4)24-16-10-11-18-19(13-16)22-23-21-18;1-8-5-6-10(12)9(7-8)11(2,3)4;;/h10-13H,3-4,7-9H2,1-2,5-6H3,(H,21,22,23);5-7,9-10,12H,1-4H3;2*1H4/b17-12+;;;. The van der Waals surface area contributed by atoms with Crippen LogP contribution >= 0.6 is 11.8 Å². The Morgan fingerprint density at radius 1 is 1.08 bits per heavy atom. The molecule has 4 nitrogen and oxygen atoms in total. The van der Waals surface area contributed by atoms with Crippen LogP contribution in [0.5, 0.6) is 0 Å². The number of hydrogen-bond acceptors (Lipinski definition) is 4. The second-order valence-corrected chi connectivity index (χ2v) is 12.5. The van der Waals surface area contributed by atoms with E-state index < -0.39 is 0 Å². The largest absolute Gasteiger partial charge is 0.388 e. The van der Waals surface area contributed by atoms with E-state index in [0.29, 0.717) is 0 Å². The molecule has 0 bridgehead atoms. The number of benzene rings is 1. The number of nitrogens with one attached hydrogen (secondary N) is 1. The minimum absolute atomic E-state index is 0. The van der Waals surface area contributed by atoms with Gasteiger partial charge in [-0.25, -0.2) is 0 Å². The number of thioether (sulfide) groups is 1. The van der Waals surface area contributed by atoms with Gasteiger partial charge in [-0.1, -0.05) is 130 Å². The Morgan fingerprint density at radius 3 is 2.26 bits per heavy atom. The average Bonchev–Trinajstić information content (AvgIpc) is 3.27. The zero-order chi connectivity index (χ0) is 27.1. The van der Waals surface area contributed by atoms with Crippen molar-refractivity contribution >= 4 is 22.8 Å². The van der Waals surface area contributed by atoms with Crippen molar-refractivity contribution in [3.05, 3.63) is 77.3 Å². The zero-order valence-corrected chi connectivity index (χ0v) is 24.3. The topological polar surface area (TPSA) is 61.8 Å². The summed E-state index contributed by atoms with van der Waals surface area (Å²) in [6.45, 7) is 26.0. The van der Waals surface area contributed by atoms with Crippen molar-refractivity contribution in [1.82, 2.24) is 15.4 Å². The molecule has 1 aliphatic carbocycles. The van der Waals surface area contributed by atoms with Crippen LogP contribution in [0.1, 0.15) is 89.5 Å². The summed E-state index contributed by atoms with van der Waals surface area (Å²) < 4.78 is 0. The van der Waals surface area contributed by atoms with E-state index in [-0.39, 0.29) is 37.7 Å². The minimum Gasteiger partial charge on any atom is -0.388 e. The molecular weight excluding hydrogens is 486 g/mol. The van der Waals surface area contributed by atoms with E-state index in [1.54, 1.807) is 11.8 Å². The van der Waals surface area contributed by atoms with Gasteiger partial charge in [0.2, 0.25) is 0 Å². The molecule has 1 aromatic heterocycles. The van der Waals surface area contributed by atoms with E-state index in [0.717, 1.165) is 40.1 Å². The highest BCUT2D eigenvalue weighted by Gasteiger charge is 2.29. The van der Waals surface area contributed by atoms with Gasteiger partial charge in [0.1, 0.15) is 11.0 Å². The summed E-state index contributed by atoms with van der Waals surface area (Å²) in [7, 11) is 0. The first kappa shape index (κ1) is 35.6. The second-order valence-electron chi connectivity index (χ2n) is 11.4. The van der Waals surface area contributed by atoms with Gasteiger partial charge in [0, 0.05) is 15.7 Å². The molecule has 0 saturated heterocycles. The maximum absolute atomic E-state index is 9.69.